The maximum atomic E-state index is 0. The van der Waals surface area contributed by atoms with E-state index in [2.05, 4.69) is 0 Å². The fourth-order valence-corrected chi connectivity index (χ4v) is 0. The molecule has 0 saturated carbocycles. The maximum Gasteiger partial charge on any atom is 2.00 e. The molecule has 0 bridgehead atoms. The summed E-state index contributed by atoms with van der Waals surface area (Å²) in [4.78, 5) is 0. The average Bonchev–Trinajstić information content (AvgIpc) is 0. The van der Waals surface area contributed by atoms with Crippen molar-refractivity contribution in [3.63, 3.8) is 0 Å². The Bertz CT molecular complexity index is 15.7. The normalized spacial score (nSPS) is 0. The van der Waals surface area contributed by atoms with Crippen molar-refractivity contribution in [3.8, 4) is 0 Å². The van der Waals surface area contributed by atoms with E-state index in [1.54, 1.807) is 0 Å². The Kier molecular flexibility index (Phi) is 89.7. The van der Waals surface area contributed by atoms with Gasteiger partial charge in [-0.1, -0.05) is 0 Å². The molecule has 0 aromatic carbocycles. The quantitative estimate of drug-likeness (QED) is 0.469. The van der Waals surface area contributed by atoms with E-state index in [0.717, 1.165) is 0 Å². The summed E-state index contributed by atoms with van der Waals surface area (Å²) in [6.07, 6.45) is 0. The van der Waals surface area contributed by atoms with Crippen LogP contribution >= 0.6 is 0 Å². The van der Waals surface area contributed by atoms with Crippen LogP contribution in [0.3, 0.4) is 0 Å². The van der Waals surface area contributed by atoms with Gasteiger partial charge in [0.1, 0.15) is 0 Å². The second-order valence-electron chi connectivity index (χ2n) is 0. The first-order valence-electron chi connectivity index (χ1n) is 0. The van der Waals surface area contributed by atoms with Crippen molar-refractivity contribution in [2.24, 2.45) is 0 Å². The predicted molar refractivity (Wildman–Crippen MR) is 23.9 cm³/mol. The van der Waals surface area contributed by atoms with E-state index >= 15 is 0 Å². The van der Waals surface area contributed by atoms with Gasteiger partial charge in [-0.15, -0.1) is 0 Å². The van der Waals surface area contributed by atoms with Crippen LogP contribution in [0.15, 0.2) is 0 Å². The fourth-order valence-electron chi connectivity index (χ4n) is 0. The summed E-state index contributed by atoms with van der Waals surface area (Å²) >= 11 is 0. The first-order chi connectivity index (χ1) is 0. The van der Waals surface area contributed by atoms with E-state index in [1.165, 1.54) is 0 Å². The standard InChI is InChI=1S/2Ba.Sr.Ti.6H/q3*+2;;6*-1. The zero-order valence-electron chi connectivity index (χ0n) is 8.62. The van der Waals surface area contributed by atoms with Crippen molar-refractivity contribution in [2.45, 2.75) is 0 Å². The minimum Gasteiger partial charge on any atom is -1.00 e. The van der Waals surface area contributed by atoms with Crippen molar-refractivity contribution >= 4 is 143 Å². The molecule has 0 rings (SSSR count). The van der Waals surface area contributed by atoms with E-state index in [1.807, 2.05) is 0 Å². The van der Waals surface area contributed by atoms with Crippen LogP contribution < -0.4 is 0 Å². The van der Waals surface area contributed by atoms with E-state index < -0.39 is 0 Å². The van der Waals surface area contributed by atoms with Crippen LogP contribution in [-0.4, -0.2) is 143 Å². The number of hydrogen-bond acceptors (Lipinski definition) is 0. The molecule has 0 unspecified atom stereocenters. The summed E-state index contributed by atoms with van der Waals surface area (Å²) in [5.41, 5.74) is 0. The zero-order chi connectivity index (χ0) is 0. The Labute approximate surface area is 168 Å². The summed E-state index contributed by atoms with van der Waals surface area (Å²) in [6.45, 7) is 0. The smallest absolute Gasteiger partial charge is 1.00 e. The summed E-state index contributed by atoms with van der Waals surface area (Å²) in [6, 6.07) is 0. The van der Waals surface area contributed by atoms with Gasteiger partial charge in [-0.05, 0) is 0 Å². The molecule has 0 spiro atoms. The van der Waals surface area contributed by atoms with E-state index in [4.69, 9.17) is 0 Å². The molecule has 0 radical (unpaired) electrons. The Morgan fingerprint density at radius 1 is 1.00 bits per heavy atom. The molecule has 0 heterocycles. The Hall–Kier alpha value is 5.34. The molecule has 0 aliphatic rings. The Morgan fingerprint density at radius 2 is 1.00 bits per heavy atom. The van der Waals surface area contributed by atoms with Gasteiger partial charge >= 0.3 is 143 Å². The summed E-state index contributed by atoms with van der Waals surface area (Å²) in [7, 11) is 0. The molecular weight excluding hydrogens is 410 g/mol. The van der Waals surface area contributed by atoms with E-state index in [-0.39, 0.29) is 174 Å². The van der Waals surface area contributed by atoms with Crippen molar-refractivity contribution in [1.82, 2.24) is 0 Å². The molecule has 0 atom stereocenters. The molecule has 0 amide bonds. The molecule has 4 heteroatoms. The van der Waals surface area contributed by atoms with Crippen LogP contribution in [0.1, 0.15) is 8.56 Å². The topological polar surface area (TPSA) is 0 Å². The molecule has 0 saturated heterocycles. The third-order valence-electron chi connectivity index (χ3n) is 0. The molecule has 0 aliphatic heterocycles. The van der Waals surface area contributed by atoms with Gasteiger partial charge in [0.15, 0.2) is 0 Å². The molecule has 16 valence electrons. The van der Waals surface area contributed by atoms with Gasteiger partial charge in [0.05, 0.1) is 0 Å². The molecule has 0 fully saturated rings. The third kappa shape index (κ3) is 10.3. The first-order valence-corrected chi connectivity index (χ1v) is 0. The van der Waals surface area contributed by atoms with Crippen molar-refractivity contribution in [1.29, 1.82) is 0 Å². The van der Waals surface area contributed by atoms with Crippen LogP contribution in [0.25, 0.3) is 0 Å². The third-order valence-corrected chi connectivity index (χ3v) is 0. The van der Waals surface area contributed by atoms with Gasteiger partial charge in [-0.3, -0.25) is 0 Å². The van der Waals surface area contributed by atoms with Crippen LogP contribution in [-0.2, 0) is 21.7 Å². The Morgan fingerprint density at radius 3 is 1.00 bits per heavy atom. The van der Waals surface area contributed by atoms with Crippen LogP contribution in [0, 0.1) is 0 Å². The van der Waals surface area contributed by atoms with Gasteiger partial charge in [-0.25, -0.2) is 0 Å². The second kappa shape index (κ2) is 15.8. The first kappa shape index (κ1) is 22.8. The molecule has 0 nitrogen and oxygen atoms in total. The van der Waals surface area contributed by atoms with Crippen molar-refractivity contribution in [2.75, 3.05) is 0 Å². The fraction of sp³-hybridized carbons (Fsp3) is 0. The van der Waals surface area contributed by atoms with E-state index in [0.29, 0.717) is 0 Å². The van der Waals surface area contributed by atoms with Gasteiger partial charge in [0, 0.05) is 21.7 Å². The summed E-state index contributed by atoms with van der Waals surface area (Å²) in [5, 5.41) is 0. The number of rotatable bonds is 0. The van der Waals surface area contributed by atoms with Crippen molar-refractivity contribution in [3.05, 3.63) is 0 Å². The van der Waals surface area contributed by atoms with Crippen molar-refractivity contribution < 1.29 is 30.3 Å². The maximum absolute atomic E-state index is 0. The molecule has 0 aliphatic carbocycles. The van der Waals surface area contributed by atoms with Gasteiger partial charge < -0.3 is 8.56 Å². The van der Waals surface area contributed by atoms with Gasteiger partial charge in [0.25, 0.3) is 0 Å². The monoisotopic (exact) mass is 418 g/mol. The molecule has 0 aromatic rings. The molecule has 0 aromatic heterocycles. The van der Waals surface area contributed by atoms with Crippen LogP contribution in [0.2, 0.25) is 0 Å². The average molecular weight is 416 g/mol. The predicted octanol–water partition coefficient (Wildman–Crippen LogP) is -0.470. The van der Waals surface area contributed by atoms with Gasteiger partial charge in [-0.2, -0.15) is 0 Å². The van der Waals surface area contributed by atoms with Gasteiger partial charge in [0.2, 0.25) is 0 Å². The zero-order valence-corrected chi connectivity index (χ0v) is 16.5. The minimum absolute atomic E-state index is 0. The SMILES string of the molecule is [Ba+2].[Ba+2].[H-].[H-].[H-].[H-].[H-].[H-].[Sr+2].[Ti]. The van der Waals surface area contributed by atoms with E-state index in [9.17, 15) is 0 Å². The minimum atomic E-state index is 0. The van der Waals surface area contributed by atoms with Crippen LogP contribution in [0.4, 0.5) is 0 Å². The summed E-state index contributed by atoms with van der Waals surface area (Å²) < 4.78 is 0. The second-order valence-corrected chi connectivity index (χ2v) is 0. The molecular formula is H6Ba2SrTi. The summed E-state index contributed by atoms with van der Waals surface area (Å²) in [5.74, 6) is 0. The molecule has 4 heavy (non-hydrogen) atoms. The number of hydrogen-bond donors (Lipinski definition) is 0. The van der Waals surface area contributed by atoms with Crippen LogP contribution in [0.5, 0.6) is 0 Å². The largest absolute Gasteiger partial charge is 2.00 e. The Balaban J connectivity index is 0. The molecule has 0 N–H and O–H groups in total.